The molecule has 0 bridgehead atoms. The van der Waals surface area contributed by atoms with E-state index >= 15 is 0 Å². The lowest BCUT2D eigenvalue weighted by molar-refractivity contribution is -0.140. The third-order valence-electron chi connectivity index (χ3n) is 8.65. The molecule has 3 aromatic carbocycles. The molecule has 2 fully saturated rings. The summed E-state index contributed by atoms with van der Waals surface area (Å²) in [5.41, 5.74) is 2.64. The Hall–Kier alpha value is -5.08. The van der Waals surface area contributed by atoms with Gasteiger partial charge in [0.1, 0.15) is 17.8 Å². The quantitative estimate of drug-likeness (QED) is 0.194. The molecule has 13 nitrogen and oxygen atoms in total. The van der Waals surface area contributed by atoms with Gasteiger partial charge in [-0.15, -0.1) is 11.8 Å². The summed E-state index contributed by atoms with van der Waals surface area (Å²) >= 11 is 1.41. The zero-order valence-corrected chi connectivity index (χ0v) is 29.2. The number of nitrogens with zero attached hydrogens (tertiary/aromatic N) is 2. The maximum atomic E-state index is 14.5. The highest BCUT2D eigenvalue weighted by Crippen LogP contribution is 2.36. The number of carbonyl (C=O) groups is 5. The molecule has 3 atom stereocenters. The van der Waals surface area contributed by atoms with E-state index in [1.807, 2.05) is 30.3 Å². The molecule has 5 amide bonds. The summed E-state index contributed by atoms with van der Waals surface area (Å²) in [6.45, 7) is 1.90. The maximum absolute atomic E-state index is 14.5. The molecule has 0 saturated carbocycles. The number of ether oxygens (including phenoxy) is 2. The number of carboxylic acid groups (broad SMARTS) is 1. The second-order valence-electron chi connectivity index (χ2n) is 12.2. The van der Waals surface area contributed by atoms with Gasteiger partial charge in [-0.2, -0.15) is 0 Å². The van der Waals surface area contributed by atoms with Crippen LogP contribution in [0.25, 0.3) is 0 Å². The van der Waals surface area contributed by atoms with Gasteiger partial charge >= 0.3 is 12.0 Å². The van der Waals surface area contributed by atoms with Crippen molar-refractivity contribution in [1.82, 2.24) is 20.4 Å². The lowest BCUT2D eigenvalue weighted by atomic mass is 10.0. The fourth-order valence-corrected chi connectivity index (χ4v) is 7.41. The fourth-order valence-electron chi connectivity index (χ4n) is 5.95. The topological polar surface area (TPSA) is 167 Å². The van der Waals surface area contributed by atoms with Gasteiger partial charge in [0.2, 0.25) is 11.8 Å². The van der Waals surface area contributed by atoms with E-state index < -0.39 is 41.3 Å². The number of morpholine rings is 1. The van der Waals surface area contributed by atoms with Crippen LogP contribution in [0.2, 0.25) is 0 Å². The molecule has 1 unspecified atom stereocenters. The Bertz CT molecular complexity index is 1670. The van der Waals surface area contributed by atoms with Crippen LogP contribution in [0.4, 0.5) is 10.5 Å². The van der Waals surface area contributed by atoms with Crippen molar-refractivity contribution in [1.29, 1.82) is 0 Å². The summed E-state index contributed by atoms with van der Waals surface area (Å²) in [6.07, 6.45) is 0.680. The van der Waals surface area contributed by atoms with Crippen LogP contribution >= 0.6 is 11.8 Å². The molecule has 0 spiro atoms. The van der Waals surface area contributed by atoms with Crippen molar-refractivity contribution in [3.05, 3.63) is 95.6 Å². The summed E-state index contributed by atoms with van der Waals surface area (Å²) in [5, 5.41) is 17.5. The first-order chi connectivity index (χ1) is 24.7. The third-order valence-corrected chi connectivity index (χ3v) is 10.0. The zero-order chi connectivity index (χ0) is 36.2. The highest BCUT2D eigenvalue weighted by molar-refractivity contribution is 8.00. The number of anilines is 1. The lowest BCUT2D eigenvalue weighted by Gasteiger charge is -2.34. The highest BCUT2D eigenvalue weighted by Gasteiger charge is 2.44. The first-order valence-electron chi connectivity index (χ1n) is 16.8. The minimum Gasteiger partial charge on any atom is -0.497 e. The Balaban J connectivity index is 1.30. The van der Waals surface area contributed by atoms with E-state index in [-0.39, 0.29) is 24.5 Å². The molecular weight excluding hydrogens is 675 g/mol. The van der Waals surface area contributed by atoms with Gasteiger partial charge in [0.15, 0.2) is 0 Å². The number of carbonyl (C=O) groups excluding carboxylic acids is 4. The molecule has 2 heterocycles. The predicted octanol–water partition coefficient (Wildman–Crippen LogP) is 3.80. The summed E-state index contributed by atoms with van der Waals surface area (Å²) in [4.78, 5) is 68.9. The number of urea groups is 1. The molecule has 14 heteroatoms. The Morgan fingerprint density at radius 3 is 2.41 bits per heavy atom. The van der Waals surface area contributed by atoms with Crippen molar-refractivity contribution in [3.8, 4) is 5.75 Å². The number of benzene rings is 3. The monoisotopic (exact) mass is 717 g/mol. The normalized spacial score (nSPS) is 17.7. The zero-order valence-electron chi connectivity index (χ0n) is 28.4. The van der Waals surface area contributed by atoms with Gasteiger partial charge in [0.05, 0.1) is 32.1 Å². The number of nitrogens with one attached hydrogen (secondary N) is 3. The number of carboxylic acids is 1. The number of hydrogen-bond donors (Lipinski definition) is 4. The number of amides is 5. The van der Waals surface area contributed by atoms with E-state index in [1.54, 1.807) is 60.5 Å². The third kappa shape index (κ3) is 10.5. The lowest BCUT2D eigenvalue weighted by Crippen LogP contribution is -2.54. The van der Waals surface area contributed by atoms with Crippen molar-refractivity contribution in [2.75, 3.05) is 44.5 Å². The van der Waals surface area contributed by atoms with Crippen LogP contribution in [-0.2, 0) is 36.9 Å². The number of methoxy groups -OCH3 is 1. The predicted molar refractivity (Wildman–Crippen MR) is 192 cm³/mol. The van der Waals surface area contributed by atoms with E-state index in [4.69, 9.17) is 9.47 Å². The van der Waals surface area contributed by atoms with Gasteiger partial charge < -0.3 is 40.3 Å². The van der Waals surface area contributed by atoms with E-state index in [0.717, 1.165) is 11.3 Å². The van der Waals surface area contributed by atoms with Crippen molar-refractivity contribution in [3.63, 3.8) is 0 Å². The number of hydrogen-bond acceptors (Lipinski definition) is 8. The summed E-state index contributed by atoms with van der Waals surface area (Å²) in [5.74, 6) is -1.01. The van der Waals surface area contributed by atoms with Crippen LogP contribution in [-0.4, -0.2) is 95.2 Å². The summed E-state index contributed by atoms with van der Waals surface area (Å²) in [6, 6.07) is 20.8. The average Bonchev–Trinajstić information content (AvgIpc) is 3.57. The molecule has 270 valence electrons. The van der Waals surface area contributed by atoms with Gasteiger partial charge in [0, 0.05) is 37.5 Å². The molecular formula is C37H43N5O8S. The number of thioether (sulfide) groups is 1. The van der Waals surface area contributed by atoms with Crippen LogP contribution in [0.3, 0.4) is 0 Å². The molecule has 51 heavy (non-hydrogen) atoms. The SMILES string of the molecule is COc1ccc(CNC(=O)Cc2cccc(NC(=O)[C@@H]3CSC(CCCC(=O)O)N3C(=O)[C@H](NC(=O)N3CCOCC3)c3ccccc3)c2)cc1. The second kappa shape index (κ2) is 18.2. The van der Waals surface area contributed by atoms with Crippen molar-refractivity contribution < 1.29 is 38.6 Å². The minimum atomic E-state index is -1.09. The molecule has 0 radical (unpaired) electrons. The molecule has 2 aliphatic rings. The van der Waals surface area contributed by atoms with Crippen molar-refractivity contribution in [2.24, 2.45) is 0 Å². The van der Waals surface area contributed by atoms with Crippen LogP contribution in [0.1, 0.15) is 42.0 Å². The van der Waals surface area contributed by atoms with Gasteiger partial charge in [-0.25, -0.2) is 4.79 Å². The highest BCUT2D eigenvalue weighted by atomic mass is 32.2. The van der Waals surface area contributed by atoms with Crippen LogP contribution in [0.5, 0.6) is 5.75 Å². The molecule has 3 aromatic rings. The first kappa shape index (κ1) is 37.2. The van der Waals surface area contributed by atoms with Crippen LogP contribution in [0.15, 0.2) is 78.9 Å². The number of aliphatic carboxylic acids is 1. The smallest absolute Gasteiger partial charge is 0.318 e. The molecule has 5 rings (SSSR count). The van der Waals surface area contributed by atoms with Crippen molar-refractivity contribution in [2.45, 2.75) is 49.7 Å². The second-order valence-corrected chi connectivity index (χ2v) is 13.4. The largest absolute Gasteiger partial charge is 0.497 e. The Kier molecular flexibility index (Phi) is 13.3. The first-order valence-corrected chi connectivity index (χ1v) is 17.9. The Labute approximate surface area is 301 Å². The number of rotatable bonds is 14. The van der Waals surface area contributed by atoms with Crippen LogP contribution < -0.4 is 20.7 Å². The maximum Gasteiger partial charge on any atom is 0.318 e. The Morgan fingerprint density at radius 2 is 1.71 bits per heavy atom. The molecule has 2 saturated heterocycles. The van der Waals surface area contributed by atoms with E-state index in [9.17, 15) is 29.1 Å². The van der Waals surface area contributed by atoms with E-state index in [2.05, 4.69) is 16.0 Å². The molecule has 2 aliphatic heterocycles. The summed E-state index contributed by atoms with van der Waals surface area (Å²) in [7, 11) is 1.59. The minimum absolute atomic E-state index is 0.0771. The van der Waals surface area contributed by atoms with Crippen LogP contribution in [0, 0.1) is 0 Å². The summed E-state index contributed by atoms with van der Waals surface area (Å²) < 4.78 is 10.6. The molecule has 4 N–H and O–H groups in total. The van der Waals surface area contributed by atoms with E-state index in [1.165, 1.54) is 16.7 Å². The average molecular weight is 718 g/mol. The fraction of sp³-hybridized carbons (Fsp3) is 0.378. The van der Waals surface area contributed by atoms with Crippen molar-refractivity contribution >= 4 is 47.2 Å². The molecule has 0 aromatic heterocycles. The van der Waals surface area contributed by atoms with Gasteiger partial charge in [0.25, 0.3) is 5.91 Å². The van der Waals surface area contributed by atoms with Gasteiger partial charge in [-0.1, -0.05) is 54.6 Å². The van der Waals surface area contributed by atoms with Gasteiger partial charge in [-0.05, 0) is 53.8 Å². The Morgan fingerprint density at radius 1 is 0.961 bits per heavy atom. The van der Waals surface area contributed by atoms with Gasteiger partial charge in [-0.3, -0.25) is 19.2 Å². The molecule has 0 aliphatic carbocycles. The standard InChI is InChI=1S/C37H43N5O8S/c1-49-29-15-13-25(14-16-29)23-38-31(43)22-26-7-5-10-28(21-26)39-35(46)30-24-51-32(11-6-12-33(44)45)42(30)36(47)34(27-8-3-2-4-9-27)40-37(48)41-17-19-50-20-18-41/h2-5,7-10,13-16,21,30,32,34H,6,11-12,17-20,22-24H2,1H3,(H,38,43)(H,39,46)(H,40,48)(H,44,45)/t30-,32?,34+/m0/s1. The van der Waals surface area contributed by atoms with E-state index in [0.29, 0.717) is 62.5 Å².